The quantitative estimate of drug-likeness (QED) is 0.104. The van der Waals surface area contributed by atoms with E-state index < -0.39 is 73.9 Å². The fourth-order valence-electron chi connectivity index (χ4n) is 6.15. The summed E-state index contributed by atoms with van der Waals surface area (Å²) in [5.74, 6) is -1.23. The predicted molar refractivity (Wildman–Crippen MR) is 177 cm³/mol. The SMILES string of the molecule is CCCOC(=O)[C@H](CC(C)C)NP(=O)(N[C@@H](CC(C)C)C(=O)OCCC)OC[C@H]1OC2C(n3cnc4c(OC)nc(=O)[nH]c43)CC2(O)[C@H]1O. The maximum atomic E-state index is 14.6. The summed E-state index contributed by atoms with van der Waals surface area (Å²) in [5, 5.41) is 28.3. The molecule has 1 saturated carbocycles. The van der Waals surface area contributed by atoms with Crippen LogP contribution in [0.25, 0.3) is 11.2 Å². The topological polar surface area (TPSA) is 225 Å². The van der Waals surface area contributed by atoms with Crippen molar-refractivity contribution in [1.82, 2.24) is 29.7 Å². The van der Waals surface area contributed by atoms with E-state index in [2.05, 4.69) is 25.1 Å². The minimum Gasteiger partial charge on any atom is -0.479 e. The van der Waals surface area contributed by atoms with Gasteiger partial charge in [-0.05, 0) is 37.5 Å². The number of methoxy groups -OCH3 is 1. The molecule has 276 valence electrons. The van der Waals surface area contributed by atoms with Gasteiger partial charge in [-0.3, -0.25) is 19.1 Å². The van der Waals surface area contributed by atoms with Gasteiger partial charge in [0.2, 0.25) is 5.88 Å². The number of hydrogen-bond acceptors (Lipinski definition) is 13. The van der Waals surface area contributed by atoms with Crippen molar-refractivity contribution in [3.8, 4) is 5.88 Å². The molecular formula is C31H51N6O11P. The highest BCUT2D eigenvalue weighted by atomic mass is 31.2. The van der Waals surface area contributed by atoms with Gasteiger partial charge in [0, 0.05) is 6.42 Å². The van der Waals surface area contributed by atoms with Crippen molar-refractivity contribution in [3.63, 3.8) is 0 Å². The number of H-pyrrole nitrogens is 1. The van der Waals surface area contributed by atoms with Crippen molar-refractivity contribution in [3.05, 3.63) is 16.8 Å². The highest BCUT2D eigenvalue weighted by molar-refractivity contribution is 7.54. The molecule has 17 nitrogen and oxygen atoms in total. The van der Waals surface area contributed by atoms with Crippen LogP contribution in [0.3, 0.4) is 0 Å². The number of imidazole rings is 1. The number of rotatable bonds is 19. The number of carbonyl (C=O) groups excluding carboxylic acids is 2. The van der Waals surface area contributed by atoms with Gasteiger partial charge in [0.25, 0.3) is 0 Å². The second kappa shape index (κ2) is 16.4. The molecule has 3 unspecified atom stereocenters. The lowest BCUT2D eigenvalue weighted by Crippen LogP contribution is -2.61. The zero-order valence-corrected chi connectivity index (χ0v) is 30.1. The molecular weight excluding hydrogens is 663 g/mol. The van der Waals surface area contributed by atoms with Gasteiger partial charge in [-0.25, -0.2) is 20.0 Å². The summed E-state index contributed by atoms with van der Waals surface area (Å²) in [7, 11) is -2.93. The maximum Gasteiger partial charge on any atom is 0.349 e. The number of aliphatic hydroxyl groups excluding tert-OH is 1. The number of nitrogens with zero attached hydrogens (tertiary/aromatic N) is 3. The molecule has 0 radical (unpaired) electrons. The first-order valence-electron chi connectivity index (χ1n) is 16.9. The van der Waals surface area contributed by atoms with Crippen LogP contribution in [0.1, 0.15) is 79.7 Å². The third kappa shape index (κ3) is 8.88. The van der Waals surface area contributed by atoms with E-state index in [1.54, 1.807) is 4.57 Å². The van der Waals surface area contributed by atoms with Crippen LogP contribution in [0, 0.1) is 11.8 Å². The van der Waals surface area contributed by atoms with Gasteiger partial charge < -0.3 is 38.3 Å². The Morgan fingerprint density at radius 3 is 2.18 bits per heavy atom. The summed E-state index contributed by atoms with van der Waals surface area (Å²) < 4.78 is 44.3. The molecule has 1 aliphatic carbocycles. The molecule has 18 heteroatoms. The number of aromatic amines is 1. The number of nitrogens with one attached hydrogen (secondary N) is 3. The largest absolute Gasteiger partial charge is 0.479 e. The minimum absolute atomic E-state index is 0.00662. The molecule has 0 spiro atoms. The van der Waals surface area contributed by atoms with Gasteiger partial charge >= 0.3 is 25.3 Å². The first kappa shape index (κ1) is 38.9. The number of fused-ring (bicyclic) bond motifs is 2. The molecule has 2 fully saturated rings. The molecule has 4 rings (SSSR count). The van der Waals surface area contributed by atoms with E-state index in [9.17, 15) is 29.2 Å². The molecule has 1 saturated heterocycles. The number of esters is 2. The normalized spacial score (nSPS) is 24.9. The first-order valence-corrected chi connectivity index (χ1v) is 18.5. The van der Waals surface area contributed by atoms with Gasteiger partial charge in [0.1, 0.15) is 41.6 Å². The lowest BCUT2D eigenvalue weighted by atomic mass is 9.70. The van der Waals surface area contributed by atoms with E-state index in [-0.39, 0.29) is 50.2 Å². The standard InChI is InChI=1S/C31H51N6O11P/c1-8-10-45-28(39)19(12-17(3)4)35-49(43,36-20(13-18(5)6)29(40)46-11-9-2)47-15-22-24(38)31(42)14-21(25(31)48-22)37-16-32-23-26(37)33-30(41)34-27(23)44-7/h16-22,24-25,38,42H,8-15H2,1-7H3,(H,33,34,41)(H2,35,36,43)/t19-,20-,21?,22+,24-,25?,31?/m0/s1. The van der Waals surface area contributed by atoms with Crippen molar-refractivity contribution in [2.45, 2.75) is 116 Å². The second-order valence-corrected chi connectivity index (χ2v) is 15.4. The average molecular weight is 715 g/mol. The molecule has 5 N–H and O–H groups in total. The van der Waals surface area contributed by atoms with Crippen LogP contribution in [-0.2, 0) is 32.9 Å². The van der Waals surface area contributed by atoms with Crippen LogP contribution in [0.5, 0.6) is 5.88 Å². The van der Waals surface area contributed by atoms with E-state index in [0.717, 1.165) is 0 Å². The Morgan fingerprint density at radius 1 is 1.10 bits per heavy atom. The molecule has 2 aromatic rings. The van der Waals surface area contributed by atoms with Crippen molar-refractivity contribution < 1.29 is 47.8 Å². The molecule has 0 aromatic carbocycles. The van der Waals surface area contributed by atoms with E-state index in [1.165, 1.54) is 13.4 Å². The van der Waals surface area contributed by atoms with Crippen molar-refractivity contribution >= 4 is 30.8 Å². The van der Waals surface area contributed by atoms with Crippen LogP contribution < -0.4 is 20.6 Å². The Labute approximate surface area is 285 Å². The summed E-state index contributed by atoms with van der Waals surface area (Å²) in [6.45, 7) is 11.1. The maximum absolute atomic E-state index is 14.6. The number of aromatic nitrogens is 4. The summed E-state index contributed by atoms with van der Waals surface area (Å²) in [5.41, 5.74) is -1.74. The Hall–Kier alpha value is -2.92. The Balaban J connectivity index is 1.58. The number of hydrogen-bond donors (Lipinski definition) is 5. The van der Waals surface area contributed by atoms with Crippen LogP contribution in [-0.4, -0.2) is 105 Å². The summed E-state index contributed by atoms with van der Waals surface area (Å²) in [6, 6.07) is -2.66. The van der Waals surface area contributed by atoms with Gasteiger partial charge in [-0.1, -0.05) is 41.5 Å². The number of carbonyl (C=O) groups is 2. The van der Waals surface area contributed by atoms with Crippen LogP contribution >= 0.6 is 7.67 Å². The monoisotopic (exact) mass is 714 g/mol. The lowest BCUT2D eigenvalue weighted by Gasteiger charge is -2.47. The third-order valence-corrected chi connectivity index (χ3v) is 10.3. The van der Waals surface area contributed by atoms with E-state index in [4.69, 9.17) is 23.5 Å². The minimum atomic E-state index is -4.30. The summed E-state index contributed by atoms with van der Waals surface area (Å²) in [4.78, 5) is 49.0. The van der Waals surface area contributed by atoms with Crippen LogP contribution in [0.4, 0.5) is 0 Å². The fourth-order valence-corrected chi connectivity index (χ4v) is 7.97. The number of ether oxygens (including phenoxy) is 4. The summed E-state index contributed by atoms with van der Waals surface area (Å²) in [6.07, 6.45) is -0.390. The van der Waals surface area contributed by atoms with E-state index >= 15 is 0 Å². The van der Waals surface area contributed by atoms with Crippen LogP contribution in [0.15, 0.2) is 11.1 Å². The molecule has 2 aliphatic rings. The van der Waals surface area contributed by atoms with Gasteiger partial charge in [-0.2, -0.15) is 4.98 Å². The van der Waals surface area contributed by atoms with Crippen molar-refractivity contribution in [2.24, 2.45) is 11.8 Å². The van der Waals surface area contributed by atoms with Crippen molar-refractivity contribution in [2.75, 3.05) is 26.9 Å². The van der Waals surface area contributed by atoms with Crippen molar-refractivity contribution in [1.29, 1.82) is 0 Å². The molecule has 0 bridgehead atoms. The molecule has 49 heavy (non-hydrogen) atoms. The Kier molecular flexibility index (Phi) is 13.0. The highest BCUT2D eigenvalue weighted by Gasteiger charge is 2.66. The third-order valence-electron chi connectivity index (χ3n) is 8.49. The van der Waals surface area contributed by atoms with E-state index in [1.807, 2.05) is 41.5 Å². The zero-order valence-electron chi connectivity index (χ0n) is 29.2. The Bertz CT molecular complexity index is 1510. The zero-order chi connectivity index (χ0) is 36.1. The smallest absolute Gasteiger partial charge is 0.349 e. The molecule has 3 heterocycles. The first-order chi connectivity index (χ1) is 23.2. The second-order valence-electron chi connectivity index (χ2n) is 13.5. The number of aliphatic hydroxyl groups is 2. The molecule has 2 aromatic heterocycles. The summed E-state index contributed by atoms with van der Waals surface area (Å²) >= 11 is 0. The molecule has 1 aliphatic heterocycles. The lowest BCUT2D eigenvalue weighted by molar-refractivity contribution is -0.170. The van der Waals surface area contributed by atoms with Crippen LogP contribution in [0.2, 0.25) is 0 Å². The Morgan fingerprint density at radius 2 is 1.67 bits per heavy atom. The van der Waals surface area contributed by atoms with E-state index in [0.29, 0.717) is 24.0 Å². The fraction of sp³-hybridized carbons (Fsp3) is 0.774. The molecule has 0 amide bonds. The highest BCUT2D eigenvalue weighted by Crippen LogP contribution is 2.53. The average Bonchev–Trinajstić information content (AvgIpc) is 3.53. The van der Waals surface area contributed by atoms with Gasteiger partial charge in [0.05, 0.1) is 39.3 Å². The predicted octanol–water partition coefficient (Wildman–Crippen LogP) is 1.97. The molecule has 7 atom stereocenters. The van der Waals surface area contributed by atoms with Gasteiger partial charge in [-0.15, -0.1) is 0 Å². The van der Waals surface area contributed by atoms with Gasteiger partial charge in [0.15, 0.2) is 5.52 Å².